The molecule has 0 unspecified atom stereocenters. The number of benzene rings is 1. The van der Waals surface area contributed by atoms with Crippen molar-refractivity contribution >= 4 is 11.6 Å². The average molecular weight is 376 g/mol. The lowest BCUT2D eigenvalue weighted by Gasteiger charge is -2.12. The lowest BCUT2D eigenvalue weighted by atomic mass is 10.1. The van der Waals surface area contributed by atoms with Gasteiger partial charge in [0.2, 0.25) is 0 Å². The number of methoxy groups -OCH3 is 1. The van der Waals surface area contributed by atoms with E-state index in [4.69, 9.17) is 4.74 Å². The number of halogens is 3. The van der Waals surface area contributed by atoms with Crippen LogP contribution in [0.25, 0.3) is 16.9 Å². The number of amides is 1. The first-order valence-electron chi connectivity index (χ1n) is 7.84. The van der Waals surface area contributed by atoms with Gasteiger partial charge in [-0.1, -0.05) is 18.2 Å². The number of hydrogen-bond acceptors (Lipinski definition) is 4. The van der Waals surface area contributed by atoms with Crippen molar-refractivity contribution in [2.24, 2.45) is 0 Å². The van der Waals surface area contributed by atoms with Crippen molar-refractivity contribution in [1.29, 1.82) is 0 Å². The second-order valence-corrected chi connectivity index (χ2v) is 5.55. The van der Waals surface area contributed by atoms with Crippen LogP contribution < -0.4 is 10.1 Å². The number of carbonyl (C=O) groups excluding carboxylic acids is 1. The fraction of sp³-hybridized carbons (Fsp3) is 0.167. The molecule has 27 heavy (non-hydrogen) atoms. The monoisotopic (exact) mass is 376 g/mol. The van der Waals surface area contributed by atoms with Crippen LogP contribution in [0.2, 0.25) is 0 Å². The molecule has 6 nitrogen and oxygen atoms in total. The number of ether oxygens (including phenoxy) is 1. The molecule has 0 atom stereocenters. The van der Waals surface area contributed by atoms with E-state index in [1.165, 1.54) is 13.2 Å². The van der Waals surface area contributed by atoms with Gasteiger partial charge in [0.1, 0.15) is 11.3 Å². The highest BCUT2D eigenvalue weighted by Crippen LogP contribution is 2.33. The summed E-state index contributed by atoms with van der Waals surface area (Å²) in [4.78, 5) is 16.5. The van der Waals surface area contributed by atoms with E-state index in [9.17, 15) is 18.0 Å². The summed E-state index contributed by atoms with van der Waals surface area (Å²) < 4.78 is 46.4. The van der Waals surface area contributed by atoms with Crippen LogP contribution in [0.5, 0.6) is 5.75 Å². The van der Waals surface area contributed by atoms with Crippen molar-refractivity contribution < 1.29 is 22.7 Å². The smallest absolute Gasteiger partial charge is 0.433 e. The molecule has 3 aromatic rings. The van der Waals surface area contributed by atoms with E-state index in [0.29, 0.717) is 15.8 Å². The van der Waals surface area contributed by atoms with Gasteiger partial charge in [-0.3, -0.25) is 4.79 Å². The van der Waals surface area contributed by atoms with E-state index in [1.54, 1.807) is 24.3 Å². The molecule has 0 fully saturated rings. The minimum atomic E-state index is -4.68. The molecule has 1 N–H and O–H groups in total. The van der Waals surface area contributed by atoms with E-state index < -0.39 is 17.8 Å². The molecule has 0 saturated heterocycles. The van der Waals surface area contributed by atoms with Gasteiger partial charge in [-0.2, -0.15) is 18.3 Å². The Bertz CT molecular complexity index is 1010. The highest BCUT2D eigenvalue weighted by Gasteiger charge is 2.36. The Balaban J connectivity index is 2.23. The van der Waals surface area contributed by atoms with Crippen LogP contribution in [0.15, 0.2) is 49.2 Å². The van der Waals surface area contributed by atoms with Gasteiger partial charge in [0.25, 0.3) is 5.91 Å². The summed E-state index contributed by atoms with van der Waals surface area (Å²) in [6, 6.07) is 7.36. The first-order chi connectivity index (χ1) is 12.8. The quantitative estimate of drug-likeness (QED) is 0.694. The molecule has 9 heteroatoms. The summed E-state index contributed by atoms with van der Waals surface area (Å²) in [6.07, 6.45) is -2.17. The van der Waals surface area contributed by atoms with Gasteiger partial charge in [-0.15, -0.1) is 6.58 Å². The first-order valence-corrected chi connectivity index (χ1v) is 7.84. The minimum Gasteiger partial charge on any atom is -0.497 e. The normalized spacial score (nSPS) is 11.4. The molecule has 2 heterocycles. The summed E-state index contributed by atoms with van der Waals surface area (Å²) in [5.41, 5.74) is -0.822. The molecule has 1 amide bonds. The van der Waals surface area contributed by atoms with Crippen molar-refractivity contribution in [2.45, 2.75) is 6.18 Å². The van der Waals surface area contributed by atoms with Crippen molar-refractivity contribution in [3.8, 4) is 17.0 Å². The van der Waals surface area contributed by atoms with E-state index in [2.05, 4.69) is 22.0 Å². The molecule has 2 aromatic heterocycles. The van der Waals surface area contributed by atoms with Gasteiger partial charge in [-0.25, -0.2) is 9.50 Å². The van der Waals surface area contributed by atoms with Gasteiger partial charge in [0.15, 0.2) is 11.3 Å². The van der Waals surface area contributed by atoms with E-state index in [-0.39, 0.29) is 23.4 Å². The molecule has 0 radical (unpaired) electrons. The number of nitrogens with zero attached hydrogens (tertiary/aromatic N) is 3. The van der Waals surface area contributed by atoms with Crippen molar-refractivity contribution in [1.82, 2.24) is 19.9 Å². The van der Waals surface area contributed by atoms with Crippen LogP contribution >= 0.6 is 0 Å². The van der Waals surface area contributed by atoms with Crippen molar-refractivity contribution in [3.63, 3.8) is 0 Å². The highest BCUT2D eigenvalue weighted by atomic mass is 19.4. The summed E-state index contributed by atoms with van der Waals surface area (Å²) in [5, 5.41) is 6.22. The minimum absolute atomic E-state index is 0.0481. The maximum atomic E-state index is 13.5. The van der Waals surface area contributed by atoms with Crippen LogP contribution in [0.4, 0.5) is 13.2 Å². The van der Waals surface area contributed by atoms with Crippen LogP contribution in [-0.2, 0) is 6.18 Å². The largest absolute Gasteiger partial charge is 0.497 e. The Morgan fingerprint density at radius 2 is 2.15 bits per heavy atom. The zero-order valence-electron chi connectivity index (χ0n) is 14.2. The molecular weight excluding hydrogens is 361 g/mol. The number of alkyl halides is 3. The summed E-state index contributed by atoms with van der Waals surface area (Å²) in [5.74, 6) is -0.117. The van der Waals surface area contributed by atoms with Crippen LogP contribution in [-0.4, -0.2) is 34.2 Å². The Kier molecular flexibility index (Phi) is 4.85. The second-order valence-electron chi connectivity index (χ2n) is 5.55. The maximum Gasteiger partial charge on any atom is 0.433 e. The van der Waals surface area contributed by atoms with E-state index >= 15 is 0 Å². The molecule has 1 aromatic carbocycles. The maximum absolute atomic E-state index is 13.5. The number of nitrogens with one attached hydrogen (secondary N) is 1. The fourth-order valence-electron chi connectivity index (χ4n) is 2.52. The Labute approximate surface area is 152 Å². The molecule has 0 aliphatic carbocycles. The zero-order chi connectivity index (χ0) is 19.6. The summed E-state index contributed by atoms with van der Waals surface area (Å²) in [7, 11) is 1.45. The molecule has 0 aliphatic rings. The fourth-order valence-corrected chi connectivity index (χ4v) is 2.52. The Morgan fingerprint density at radius 1 is 1.37 bits per heavy atom. The second kappa shape index (κ2) is 7.10. The van der Waals surface area contributed by atoms with Gasteiger partial charge in [0, 0.05) is 12.1 Å². The predicted octanol–water partition coefficient (Wildman–Crippen LogP) is 3.34. The van der Waals surface area contributed by atoms with E-state index in [0.717, 1.165) is 12.3 Å². The number of fused-ring (bicyclic) bond motifs is 1. The van der Waals surface area contributed by atoms with Crippen molar-refractivity contribution in [2.75, 3.05) is 13.7 Å². The molecule has 0 bridgehead atoms. The van der Waals surface area contributed by atoms with Crippen molar-refractivity contribution in [3.05, 3.63) is 60.4 Å². The van der Waals surface area contributed by atoms with Crippen LogP contribution in [0.3, 0.4) is 0 Å². The van der Waals surface area contributed by atoms with Gasteiger partial charge >= 0.3 is 6.18 Å². The number of carbonyl (C=O) groups is 1. The average Bonchev–Trinajstić information content (AvgIpc) is 3.08. The SMILES string of the molecule is C=CCNC(=O)c1cnn2c(C(F)(F)F)cc(-c3cccc(OC)c3)nc12. The first kappa shape index (κ1) is 18.4. The van der Waals surface area contributed by atoms with Gasteiger partial charge in [-0.05, 0) is 18.2 Å². The standard InChI is InChI=1S/C18H15F3N4O2/c1-3-7-22-17(26)13-10-23-25-15(18(19,20)21)9-14(24-16(13)25)11-5-4-6-12(8-11)27-2/h3-6,8-10H,1,7H2,2H3,(H,22,26). The lowest BCUT2D eigenvalue weighted by molar-refractivity contribution is -0.142. The Morgan fingerprint density at radius 3 is 2.81 bits per heavy atom. The topological polar surface area (TPSA) is 68.5 Å². The number of rotatable bonds is 5. The summed E-state index contributed by atoms with van der Waals surface area (Å²) >= 11 is 0. The molecule has 0 saturated carbocycles. The number of hydrogen-bond donors (Lipinski definition) is 1. The van der Waals surface area contributed by atoms with Gasteiger partial charge < -0.3 is 10.1 Å². The van der Waals surface area contributed by atoms with Gasteiger partial charge in [0.05, 0.1) is 19.0 Å². The predicted molar refractivity (Wildman–Crippen MR) is 92.5 cm³/mol. The lowest BCUT2D eigenvalue weighted by Crippen LogP contribution is -2.23. The molecule has 3 rings (SSSR count). The third-order valence-corrected chi connectivity index (χ3v) is 3.78. The molecule has 0 spiro atoms. The van der Waals surface area contributed by atoms with Crippen LogP contribution in [0.1, 0.15) is 16.1 Å². The summed E-state index contributed by atoms with van der Waals surface area (Å²) in [6.45, 7) is 3.65. The molecular formula is C18H15F3N4O2. The zero-order valence-corrected chi connectivity index (χ0v) is 14.2. The Hall–Kier alpha value is -3.36. The third kappa shape index (κ3) is 3.62. The highest BCUT2D eigenvalue weighted by molar-refractivity contribution is 6.00. The molecule has 0 aliphatic heterocycles. The third-order valence-electron chi connectivity index (χ3n) is 3.78. The number of aromatic nitrogens is 3. The van der Waals surface area contributed by atoms with E-state index in [1.807, 2.05) is 0 Å². The molecule has 140 valence electrons. The van der Waals surface area contributed by atoms with Crippen LogP contribution in [0, 0.1) is 0 Å².